The predicted octanol–water partition coefficient (Wildman–Crippen LogP) is 3.99. The molecule has 0 unspecified atom stereocenters. The van der Waals surface area contributed by atoms with Gasteiger partial charge in [0.15, 0.2) is 2.14 Å². The first kappa shape index (κ1) is 10.5. The van der Waals surface area contributed by atoms with Gasteiger partial charge in [-0.2, -0.15) is 0 Å². The summed E-state index contributed by atoms with van der Waals surface area (Å²) in [5, 5.41) is 0. The highest BCUT2D eigenvalue weighted by molar-refractivity contribution is 9.38. The average Bonchev–Trinajstić information content (AvgIpc) is 2.03. The van der Waals surface area contributed by atoms with E-state index in [4.69, 9.17) is 4.74 Å². The van der Waals surface area contributed by atoms with Gasteiger partial charge in [-0.15, -0.1) is 0 Å². The van der Waals surface area contributed by atoms with Gasteiger partial charge < -0.3 is 4.74 Å². The van der Waals surface area contributed by atoms with Crippen LogP contribution in [0.5, 0.6) is 5.75 Å². The van der Waals surface area contributed by atoms with Crippen LogP contribution in [0, 0.1) is 0 Å². The molecule has 0 aliphatic rings. The van der Waals surface area contributed by atoms with Crippen LogP contribution in [0.15, 0.2) is 24.3 Å². The summed E-state index contributed by atoms with van der Waals surface area (Å²) in [5.41, 5.74) is 1.09. The fourth-order valence-corrected chi connectivity index (χ4v) is 1.57. The van der Waals surface area contributed by atoms with Gasteiger partial charge in [0.1, 0.15) is 5.75 Å². The number of hydrogen-bond acceptors (Lipinski definition) is 1. The van der Waals surface area contributed by atoms with Gasteiger partial charge in [0.05, 0.1) is 7.11 Å². The normalized spacial score (nSPS) is 11.3. The second-order valence-corrected chi connectivity index (χ2v) is 8.99. The molecule has 66 valence electrons. The van der Waals surface area contributed by atoms with Crippen molar-refractivity contribution in [2.24, 2.45) is 0 Å². The number of rotatable bonds is 1. The lowest BCUT2D eigenvalue weighted by Gasteiger charge is -2.12. The highest BCUT2D eigenvalue weighted by Gasteiger charge is 2.19. The summed E-state index contributed by atoms with van der Waals surface area (Å²) in [4.78, 5) is 0. The van der Waals surface area contributed by atoms with E-state index in [2.05, 4.69) is 47.8 Å². The summed E-state index contributed by atoms with van der Waals surface area (Å²) in [6.45, 7) is 0. The van der Waals surface area contributed by atoms with Crippen LogP contribution in [0.3, 0.4) is 0 Å². The molecule has 0 amide bonds. The van der Waals surface area contributed by atoms with E-state index in [0.29, 0.717) is 0 Å². The molecule has 0 heterocycles. The molecule has 0 radical (unpaired) electrons. The Labute approximate surface area is 96.9 Å². The zero-order valence-electron chi connectivity index (χ0n) is 6.35. The van der Waals surface area contributed by atoms with Crippen molar-refractivity contribution in [3.63, 3.8) is 0 Å². The van der Waals surface area contributed by atoms with Gasteiger partial charge in [-0.05, 0) is 17.7 Å². The number of methoxy groups -OCH3 is 1. The lowest BCUT2D eigenvalue weighted by Crippen LogP contribution is -1.96. The van der Waals surface area contributed by atoms with Crippen molar-refractivity contribution in [3.05, 3.63) is 29.8 Å². The summed E-state index contributed by atoms with van der Waals surface area (Å²) in [6, 6.07) is 7.76. The summed E-state index contributed by atoms with van der Waals surface area (Å²) in [5.74, 6) is 0.857. The molecule has 1 aromatic carbocycles. The molecule has 1 nitrogen and oxygen atoms in total. The molecule has 0 fully saturated rings. The minimum atomic E-state index is -0.334. The summed E-state index contributed by atoms with van der Waals surface area (Å²) >= 11 is 10.3. The molecule has 1 aromatic rings. The van der Waals surface area contributed by atoms with Crippen LogP contribution in [0.4, 0.5) is 0 Å². The molecule has 12 heavy (non-hydrogen) atoms. The van der Waals surface area contributed by atoms with Crippen LogP contribution in [0.1, 0.15) is 5.56 Å². The molecular formula is C8H7Br3O. The molecule has 0 saturated heterocycles. The van der Waals surface area contributed by atoms with Crippen molar-refractivity contribution >= 4 is 47.8 Å². The van der Waals surface area contributed by atoms with Crippen molar-refractivity contribution in [1.82, 2.24) is 0 Å². The van der Waals surface area contributed by atoms with Crippen molar-refractivity contribution in [2.75, 3.05) is 7.11 Å². The summed E-state index contributed by atoms with van der Waals surface area (Å²) in [7, 11) is 1.65. The van der Waals surface area contributed by atoms with E-state index >= 15 is 0 Å². The second kappa shape index (κ2) is 4.11. The lowest BCUT2D eigenvalue weighted by molar-refractivity contribution is 0.414. The van der Waals surface area contributed by atoms with Crippen molar-refractivity contribution < 1.29 is 4.74 Å². The first-order valence-electron chi connectivity index (χ1n) is 3.25. The Morgan fingerprint density at radius 3 is 1.92 bits per heavy atom. The van der Waals surface area contributed by atoms with E-state index in [0.717, 1.165) is 11.3 Å². The fourth-order valence-electron chi connectivity index (χ4n) is 0.780. The first-order chi connectivity index (χ1) is 5.54. The number of alkyl halides is 3. The number of hydrogen-bond donors (Lipinski definition) is 0. The maximum Gasteiger partial charge on any atom is 0.159 e. The van der Waals surface area contributed by atoms with Crippen LogP contribution in [-0.2, 0) is 2.14 Å². The number of halogens is 3. The summed E-state index contributed by atoms with van der Waals surface area (Å²) < 4.78 is 4.70. The van der Waals surface area contributed by atoms with Gasteiger partial charge in [0, 0.05) is 0 Å². The Morgan fingerprint density at radius 1 is 1.08 bits per heavy atom. The second-order valence-electron chi connectivity index (χ2n) is 2.23. The van der Waals surface area contributed by atoms with Gasteiger partial charge in [-0.3, -0.25) is 0 Å². The van der Waals surface area contributed by atoms with E-state index in [1.807, 2.05) is 24.3 Å². The van der Waals surface area contributed by atoms with Crippen molar-refractivity contribution in [1.29, 1.82) is 0 Å². The van der Waals surface area contributed by atoms with E-state index in [9.17, 15) is 0 Å². The maximum absolute atomic E-state index is 5.04. The van der Waals surface area contributed by atoms with Gasteiger partial charge in [0.25, 0.3) is 0 Å². The van der Waals surface area contributed by atoms with E-state index in [1.165, 1.54) is 0 Å². The molecule has 0 spiro atoms. The highest BCUT2D eigenvalue weighted by atomic mass is 80.0. The van der Waals surface area contributed by atoms with Gasteiger partial charge in [-0.1, -0.05) is 59.9 Å². The fraction of sp³-hybridized carbons (Fsp3) is 0.250. The van der Waals surface area contributed by atoms with Crippen LogP contribution in [-0.4, -0.2) is 7.11 Å². The molecule has 0 N–H and O–H groups in total. The van der Waals surface area contributed by atoms with Crippen molar-refractivity contribution in [2.45, 2.75) is 2.14 Å². The van der Waals surface area contributed by atoms with Crippen LogP contribution in [0.25, 0.3) is 0 Å². The van der Waals surface area contributed by atoms with Gasteiger partial charge in [0.2, 0.25) is 0 Å². The molecule has 0 atom stereocenters. The largest absolute Gasteiger partial charge is 0.497 e. The summed E-state index contributed by atoms with van der Waals surface area (Å²) in [6.07, 6.45) is 0. The molecule has 0 bridgehead atoms. The molecule has 0 aliphatic heterocycles. The van der Waals surface area contributed by atoms with Crippen molar-refractivity contribution in [3.8, 4) is 5.75 Å². The van der Waals surface area contributed by atoms with Crippen LogP contribution >= 0.6 is 47.8 Å². The van der Waals surface area contributed by atoms with Crippen LogP contribution < -0.4 is 4.74 Å². The maximum atomic E-state index is 5.04. The lowest BCUT2D eigenvalue weighted by atomic mass is 10.2. The zero-order valence-corrected chi connectivity index (χ0v) is 11.1. The third-order valence-corrected chi connectivity index (χ3v) is 2.79. The number of benzene rings is 1. The quantitative estimate of drug-likeness (QED) is 0.690. The Hall–Kier alpha value is 0.460. The van der Waals surface area contributed by atoms with Crippen LogP contribution in [0.2, 0.25) is 0 Å². The van der Waals surface area contributed by atoms with E-state index < -0.39 is 0 Å². The minimum Gasteiger partial charge on any atom is -0.497 e. The first-order valence-corrected chi connectivity index (χ1v) is 5.63. The standard InChI is InChI=1S/C8H7Br3O/c1-12-7-4-2-6(3-5-7)8(9,10)11/h2-5H,1H3. The van der Waals surface area contributed by atoms with Gasteiger partial charge in [-0.25, -0.2) is 0 Å². The average molecular weight is 359 g/mol. The smallest absolute Gasteiger partial charge is 0.159 e. The minimum absolute atomic E-state index is 0.334. The molecule has 0 saturated carbocycles. The molecular weight excluding hydrogens is 352 g/mol. The molecule has 0 aromatic heterocycles. The Bertz CT molecular complexity index is 250. The highest BCUT2D eigenvalue weighted by Crippen LogP contribution is 2.44. The Morgan fingerprint density at radius 2 is 1.58 bits per heavy atom. The third-order valence-electron chi connectivity index (χ3n) is 1.42. The topological polar surface area (TPSA) is 9.23 Å². The molecule has 0 aliphatic carbocycles. The Kier molecular flexibility index (Phi) is 3.61. The van der Waals surface area contributed by atoms with Gasteiger partial charge >= 0.3 is 0 Å². The predicted molar refractivity (Wildman–Crippen MR) is 61.5 cm³/mol. The molecule has 1 rings (SSSR count). The molecule has 4 heteroatoms. The number of ether oxygens (including phenoxy) is 1. The monoisotopic (exact) mass is 356 g/mol. The van der Waals surface area contributed by atoms with E-state index in [1.54, 1.807) is 7.11 Å². The zero-order chi connectivity index (χ0) is 9.19. The third kappa shape index (κ3) is 2.75. The Balaban J connectivity index is 2.93. The van der Waals surface area contributed by atoms with E-state index in [-0.39, 0.29) is 2.14 Å². The SMILES string of the molecule is COc1ccc(C(Br)(Br)Br)cc1.